The van der Waals surface area contributed by atoms with Crippen LogP contribution in [0.2, 0.25) is 0 Å². The van der Waals surface area contributed by atoms with Crippen LogP contribution in [-0.2, 0) is 4.79 Å². The number of rotatable bonds is 6. The minimum absolute atomic E-state index is 0.00921. The van der Waals surface area contributed by atoms with Gasteiger partial charge in [0.1, 0.15) is 11.4 Å². The minimum Gasteiger partial charge on any atom is -0.365 e. The molecule has 2 aliphatic rings. The van der Waals surface area contributed by atoms with Crippen LogP contribution in [0, 0.1) is 12.8 Å². The number of hydrogen-bond donors (Lipinski definition) is 4. The summed E-state index contributed by atoms with van der Waals surface area (Å²) < 4.78 is 0. The quantitative estimate of drug-likeness (QED) is 0.555. The van der Waals surface area contributed by atoms with E-state index in [0.29, 0.717) is 18.2 Å². The lowest BCUT2D eigenvalue weighted by Gasteiger charge is -2.39. The summed E-state index contributed by atoms with van der Waals surface area (Å²) in [6.45, 7) is 3.71. The van der Waals surface area contributed by atoms with Gasteiger partial charge in [0.15, 0.2) is 0 Å². The van der Waals surface area contributed by atoms with Crippen molar-refractivity contribution in [1.82, 2.24) is 14.9 Å². The molecule has 9 nitrogen and oxygen atoms in total. The molecule has 1 saturated carbocycles. The number of amides is 2. The first-order chi connectivity index (χ1) is 14.9. The van der Waals surface area contributed by atoms with E-state index in [0.717, 1.165) is 43.6 Å². The lowest BCUT2D eigenvalue weighted by molar-refractivity contribution is -0.140. The molecular weight excluding hydrogens is 394 g/mol. The van der Waals surface area contributed by atoms with Gasteiger partial charge in [0.25, 0.3) is 5.91 Å². The number of likely N-dealkylation sites (tertiary alicyclic amines) is 1. The number of nitrogens with two attached hydrogens (primary N) is 2. The first kappa shape index (κ1) is 21.0. The van der Waals surface area contributed by atoms with E-state index in [1.54, 1.807) is 0 Å². The zero-order valence-corrected chi connectivity index (χ0v) is 17.7. The Balaban J connectivity index is 1.46. The molecule has 1 aliphatic carbocycles. The third-order valence-corrected chi connectivity index (χ3v) is 6.07. The van der Waals surface area contributed by atoms with Gasteiger partial charge in [-0.2, -0.15) is 4.98 Å². The van der Waals surface area contributed by atoms with Crippen molar-refractivity contribution in [3.05, 3.63) is 41.6 Å². The van der Waals surface area contributed by atoms with Crippen molar-refractivity contribution in [2.45, 2.75) is 44.7 Å². The Morgan fingerprint density at radius 1 is 1.23 bits per heavy atom. The monoisotopic (exact) mass is 423 g/mol. The number of anilines is 3. The van der Waals surface area contributed by atoms with E-state index in [4.69, 9.17) is 11.5 Å². The van der Waals surface area contributed by atoms with Crippen molar-refractivity contribution in [3.63, 3.8) is 0 Å². The van der Waals surface area contributed by atoms with Crippen molar-refractivity contribution >= 4 is 29.3 Å². The van der Waals surface area contributed by atoms with Gasteiger partial charge in [0, 0.05) is 43.0 Å². The van der Waals surface area contributed by atoms with Crippen molar-refractivity contribution in [2.75, 3.05) is 23.7 Å². The highest BCUT2D eigenvalue weighted by atomic mass is 16.2. The van der Waals surface area contributed by atoms with E-state index in [1.165, 1.54) is 6.20 Å². The summed E-state index contributed by atoms with van der Waals surface area (Å²) in [5.74, 6) is 0.319. The Kier molecular flexibility index (Phi) is 6.03. The number of benzene rings is 1. The normalized spacial score (nSPS) is 23.0. The zero-order chi connectivity index (χ0) is 22.0. The van der Waals surface area contributed by atoms with E-state index in [1.807, 2.05) is 36.1 Å². The summed E-state index contributed by atoms with van der Waals surface area (Å²) in [6.07, 6.45) is 4.69. The number of aryl methyl sites for hydroxylation is 1. The summed E-state index contributed by atoms with van der Waals surface area (Å²) in [5.41, 5.74) is 14.0. The van der Waals surface area contributed by atoms with Crippen LogP contribution < -0.4 is 22.1 Å². The molecule has 164 valence electrons. The molecule has 1 saturated heterocycles. The molecule has 0 bridgehead atoms. The lowest BCUT2D eigenvalue weighted by Crippen LogP contribution is -2.51. The summed E-state index contributed by atoms with van der Waals surface area (Å²) in [4.78, 5) is 35.0. The van der Waals surface area contributed by atoms with Crippen molar-refractivity contribution in [2.24, 2.45) is 17.4 Å². The van der Waals surface area contributed by atoms with Crippen LogP contribution in [0.1, 0.15) is 41.6 Å². The number of nitrogens with one attached hydrogen (secondary N) is 2. The fourth-order valence-electron chi connectivity index (χ4n) is 4.16. The van der Waals surface area contributed by atoms with Gasteiger partial charge < -0.3 is 27.0 Å². The number of carbonyl (C=O) groups excluding carboxylic acids is 2. The van der Waals surface area contributed by atoms with Crippen LogP contribution in [0.15, 0.2) is 30.5 Å². The number of hydrogen-bond acceptors (Lipinski definition) is 7. The molecule has 2 heterocycles. The molecule has 0 unspecified atom stereocenters. The highest BCUT2D eigenvalue weighted by Crippen LogP contribution is 2.29. The molecule has 1 aromatic carbocycles. The molecule has 0 radical (unpaired) electrons. The van der Waals surface area contributed by atoms with E-state index in [-0.39, 0.29) is 29.5 Å². The molecule has 9 heteroatoms. The Morgan fingerprint density at radius 3 is 2.68 bits per heavy atom. The van der Waals surface area contributed by atoms with Gasteiger partial charge in [0.2, 0.25) is 11.9 Å². The van der Waals surface area contributed by atoms with E-state index in [2.05, 4.69) is 20.6 Å². The molecule has 1 aliphatic heterocycles. The molecule has 31 heavy (non-hydrogen) atoms. The molecule has 1 aromatic heterocycles. The second-order valence-electron chi connectivity index (χ2n) is 8.42. The molecule has 3 atom stereocenters. The fourth-order valence-corrected chi connectivity index (χ4v) is 4.16. The second-order valence-corrected chi connectivity index (χ2v) is 8.42. The van der Waals surface area contributed by atoms with Crippen LogP contribution in [0.4, 0.5) is 17.5 Å². The zero-order valence-electron chi connectivity index (χ0n) is 17.7. The number of nitrogens with zero attached hydrogens (tertiary/aromatic N) is 3. The van der Waals surface area contributed by atoms with Gasteiger partial charge in [-0.3, -0.25) is 9.59 Å². The van der Waals surface area contributed by atoms with Gasteiger partial charge in [-0.05, 0) is 50.3 Å². The number of primary amides is 1. The van der Waals surface area contributed by atoms with Crippen LogP contribution in [0.25, 0.3) is 0 Å². The number of aromatic nitrogens is 2. The maximum Gasteiger partial charge on any atom is 0.254 e. The van der Waals surface area contributed by atoms with E-state index in [9.17, 15) is 9.59 Å². The van der Waals surface area contributed by atoms with Gasteiger partial charge in [-0.15, -0.1) is 0 Å². The Labute approximate surface area is 181 Å². The summed E-state index contributed by atoms with van der Waals surface area (Å²) >= 11 is 0. The highest BCUT2D eigenvalue weighted by Gasteiger charge is 2.35. The van der Waals surface area contributed by atoms with Gasteiger partial charge in [-0.1, -0.05) is 12.1 Å². The molecule has 0 spiro atoms. The third-order valence-electron chi connectivity index (χ3n) is 6.07. The summed E-state index contributed by atoms with van der Waals surface area (Å²) in [5, 5.41) is 6.44. The van der Waals surface area contributed by atoms with Crippen molar-refractivity contribution in [1.29, 1.82) is 0 Å². The molecule has 2 amide bonds. The predicted octanol–water partition coefficient (Wildman–Crippen LogP) is 1.77. The molecule has 2 fully saturated rings. The Hall–Kier alpha value is -3.20. The van der Waals surface area contributed by atoms with Crippen molar-refractivity contribution in [3.8, 4) is 0 Å². The average molecular weight is 424 g/mol. The highest BCUT2D eigenvalue weighted by molar-refractivity contribution is 5.98. The minimum atomic E-state index is -0.608. The Morgan fingerprint density at radius 2 is 2.03 bits per heavy atom. The molecular formula is C22H29N7O2. The smallest absolute Gasteiger partial charge is 0.254 e. The van der Waals surface area contributed by atoms with Gasteiger partial charge in [-0.25, -0.2) is 4.98 Å². The molecule has 6 N–H and O–H groups in total. The third kappa shape index (κ3) is 4.77. The molecule has 4 rings (SSSR count). The Bertz CT molecular complexity index is 976. The van der Waals surface area contributed by atoms with Crippen molar-refractivity contribution < 1.29 is 9.59 Å². The van der Waals surface area contributed by atoms with Gasteiger partial charge in [0.05, 0.1) is 0 Å². The largest absolute Gasteiger partial charge is 0.365 e. The van der Waals surface area contributed by atoms with Crippen LogP contribution >= 0.6 is 0 Å². The first-order valence-electron chi connectivity index (χ1n) is 10.7. The van der Waals surface area contributed by atoms with Gasteiger partial charge >= 0.3 is 0 Å². The molecule has 2 aromatic rings. The fraction of sp³-hybridized carbons (Fsp3) is 0.455. The lowest BCUT2D eigenvalue weighted by atomic mass is 9.81. The van der Waals surface area contributed by atoms with Crippen LogP contribution in [0.5, 0.6) is 0 Å². The van der Waals surface area contributed by atoms with Crippen LogP contribution in [-0.4, -0.2) is 51.9 Å². The summed E-state index contributed by atoms with van der Waals surface area (Å²) in [7, 11) is 0. The second kappa shape index (κ2) is 8.89. The van der Waals surface area contributed by atoms with E-state index < -0.39 is 5.91 Å². The standard InChI is InChI=1S/C22H29N7O2/c1-13-4-2-5-15(10-13)26-20-16(19(24)30)12-25-22(28-20)27-18-7-6-14(11-17(18)23)21(31)29-8-3-9-29/h2,4-5,10,12,14,17-18H,3,6-9,11,23H2,1H3,(H2,24,30)(H2,25,26,27,28)/t14-,17+,18-/m1/s1. The van der Waals surface area contributed by atoms with E-state index >= 15 is 0 Å². The maximum atomic E-state index is 12.5. The predicted molar refractivity (Wildman–Crippen MR) is 119 cm³/mol. The first-order valence-corrected chi connectivity index (χ1v) is 10.7. The topological polar surface area (TPSA) is 139 Å². The van der Waals surface area contributed by atoms with Crippen LogP contribution in [0.3, 0.4) is 0 Å². The maximum absolute atomic E-state index is 12.5. The summed E-state index contributed by atoms with van der Waals surface area (Å²) in [6, 6.07) is 7.51. The number of carbonyl (C=O) groups is 2. The SMILES string of the molecule is Cc1cccc(Nc2nc(N[C@@H]3CC[C@@H](C(=O)N4CCC4)C[C@@H]3N)ncc2C(N)=O)c1. The average Bonchev–Trinajstić information content (AvgIpc) is 2.68.